The van der Waals surface area contributed by atoms with Crippen molar-refractivity contribution in [1.29, 1.82) is 0 Å². The fraction of sp³-hybridized carbons (Fsp3) is 0.571. The molecular weight excluding hydrogens is 215 g/mol. The molecule has 1 spiro atoms. The number of nitrogens with zero attached hydrogens (tertiary/aromatic N) is 1. The highest BCUT2D eigenvalue weighted by Gasteiger charge is 2.43. The van der Waals surface area contributed by atoms with Crippen LogP contribution >= 0.6 is 0 Å². The Morgan fingerprint density at radius 2 is 1.82 bits per heavy atom. The normalized spacial score (nSPS) is 22.5. The van der Waals surface area contributed by atoms with Crippen molar-refractivity contribution in [2.45, 2.75) is 32.1 Å². The summed E-state index contributed by atoms with van der Waals surface area (Å²) in [5.74, 6) is -0.148. The number of nitrogen functional groups attached to an aromatic ring is 1. The van der Waals surface area contributed by atoms with Crippen LogP contribution in [0.3, 0.4) is 0 Å². The van der Waals surface area contributed by atoms with Crippen LogP contribution in [0.15, 0.2) is 18.2 Å². The molecule has 1 saturated carbocycles. The zero-order valence-electron chi connectivity index (χ0n) is 10.1. The topological polar surface area (TPSA) is 29.3 Å². The lowest BCUT2D eigenvalue weighted by atomic mass is 9.68. The lowest BCUT2D eigenvalue weighted by molar-refractivity contribution is 0.138. The number of anilines is 2. The third-order valence-electron chi connectivity index (χ3n) is 4.28. The summed E-state index contributed by atoms with van der Waals surface area (Å²) in [6.45, 7) is 2.01. The fourth-order valence-corrected chi connectivity index (χ4v) is 3.32. The number of halogens is 1. The Kier molecular flexibility index (Phi) is 2.49. The lowest BCUT2D eigenvalue weighted by Crippen LogP contribution is -2.57. The van der Waals surface area contributed by atoms with Crippen molar-refractivity contribution in [3.63, 3.8) is 0 Å². The molecule has 1 heterocycles. The molecule has 3 heteroatoms. The predicted molar refractivity (Wildman–Crippen MR) is 68.5 cm³/mol. The molecule has 2 nitrogen and oxygen atoms in total. The standard InChI is InChI=1S/C14H19FN2/c15-12-5-4-11(16)8-13(12)17-9-14(10-17)6-2-1-3-7-14/h4-5,8H,1-3,6-7,9-10,16H2. The van der Waals surface area contributed by atoms with Gasteiger partial charge in [-0.3, -0.25) is 0 Å². The van der Waals surface area contributed by atoms with Gasteiger partial charge in [-0.15, -0.1) is 0 Å². The zero-order chi connectivity index (χ0) is 11.9. The summed E-state index contributed by atoms with van der Waals surface area (Å²) in [7, 11) is 0. The number of rotatable bonds is 1. The van der Waals surface area contributed by atoms with Gasteiger partial charge in [0.1, 0.15) is 5.82 Å². The van der Waals surface area contributed by atoms with E-state index < -0.39 is 0 Å². The lowest BCUT2D eigenvalue weighted by Gasteiger charge is -2.53. The van der Waals surface area contributed by atoms with Crippen LogP contribution in [0.2, 0.25) is 0 Å². The van der Waals surface area contributed by atoms with E-state index in [1.54, 1.807) is 12.1 Å². The molecule has 1 aliphatic heterocycles. The SMILES string of the molecule is Nc1ccc(F)c(N2CC3(CCCCC3)C2)c1. The molecule has 3 rings (SSSR count). The van der Waals surface area contributed by atoms with Crippen LogP contribution < -0.4 is 10.6 Å². The van der Waals surface area contributed by atoms with Crippen molar-refractivity contribution in [1.82, 2.24) is 0 Å². The van der Waals surface area contributed by atoms with E-state index in [2.05, 4.69) is 4.90 Å². The largest absolute Gasteiger partial charge is 0.399 e. The summed E-state index contributed by atoms with van der Waals surface area (Å²) < 4.78 is 13.7. The van der Waals surface area contributed by atoms with Crippen LogP contribution in [0.4, 0.5) is 15.8 Å². The Hall–Kier alpha value is -1.25. The molecule has 0 bridgehead atoms. The molecule has 1 saturated heterocycles. The summed E-state index contributed by atoms with van der Waals surface area (Å²) in [5.41, 5.74) is 7.53. The molecule has 2 aliphatic rings. The highest BCUT2D eigenvalue weighted by Crippen LogP contribution is 2.46. The van der Waals surface area contributed by atoms with Crippen molar-refractivity contribution >= 4 is 11.4 Å². The third kappa shape index (κ3) is 1.88. The van der Waals surface area contributed by atoms with Gasteiger partial charge in [-0.25, -0.2) is 4.39 Å². The van der Waals surface area contributed by atoms with Gasteiger partial charge in [-0.2, -0.15) is 0 Å². The minimum absolute atomic E-state index is 0.148. The molecule has 1 aliphatic carbocycles. The minimum atomic E-state index is -0.148. The smallest absolute Gasteiger partial charge is 0.146 e. The summed E-state index contributed by atoms with van der Waals surface area (Å²) in [4.78, 5) is 2.14. The number of benzene rings is 1. The Labute approximate surface area is 102 Å². The first-order valence-corrected chi connectivity index (χ1v) is 6.49. The second-order valence-electron chi connectivity index (χ2n) is 5.63. The maximum Gasteiger partial charge on any atom is 0.146 e. The molecule has 92 valence electrons. The first-order valence-electron chi connectivity index (χ1n) is 6.49. The first-order chi connectivity index (χ1) is 8.19. The molecule has 0 aromatic heterocycles. The van der Waals surface area contributed by atoms with Crippen LogP contribution in [0.5, 0.6) is 0 Å². The number of hydrogen-bond acceptors (Lipinski definition) is 2. The molecule has 17 heavy (non-hydrogen) atoms. The van der Waals surface area contributed by atoms with Gasteiger partial charge in [0, 0.05) is 24.2 Å². The average molecular weight is 234 g/mol. The minimum Gasteiger partial charge on any atom is -0.399 e. The molecule has 2 fully saturated rings. The summed E-state index contributed by atoms with van der Waals surface area (Å²) >= 11 is 0. The van der Waals surface area contributed by atoms with E-state index in [0.717, 1.165) is 13.1 Å². The van der Waals surface area contributed by atoms with Crippen LogP contribution in [-0.2, 0) is 0 Å². The van der Waals surface area contributed by atoms with Gasteiger partial charge in [-0.1, -0.05) is 19.3 Å². The molecule has 0 amide bonds. The van der Waals surface area contributed by atoms with E-state index in [-0.39, 0.29) is 5.82 Å². The number of hydrogen-bond donors (Lipinski definition) is 1. The molecule has 0 radical (unpaired) electrons. The first kappa shape index (κ1) is 10.9. The third-order valence-corrected chi connectivity index (χ3v) is 4.28. The Balaban J connectivity index is 1.74. The van der Waals surface area contributed by atoms with Crippen molar-refractivity contribution in [3.8, 4) is 0 Å². The average Bonchev–Trinajstić information content (AvgIpc) is 2.30. The monoisotopic (exact) mass is 234 g/mol. The maximum atomic E-state index is 13.7. The van der Waals surface area contributed by atoms with Gasteiger partial charge in [0.05, 0.1) is 5.69 Å². The Morgan fingerprint density at radius 1 is 1.12 bits per heavy atom. The van der Waals surface area contributed by atoms with Crippen LogP contribution in [0, 0.1) is 11.2 Å². The second-order valence-corrected chi connectivity index (χ2v) is 5.63. The molecule has 2 N–H and O–H groups in total. The second kappa shape index (κ2) is 3.90. The van der Waals surface area contributed by atoms with E-state index in [4.69, 9.17) is 5.73 Å². The molecule has 0 unspecified atom stereocenters. The summed E-state index contributed by atoms with van der Waals surface area (Å²) in [5, 5.41) is 0. The fourth-order valence-electron chi connectivity index (χ4n) is 3.32. The molecule has 1 aromatic rings. The van der Waals surface area contributed by atoms with Crippen molar-refractivity contribution in [3.05, 3.63) is 24.0 Å². The zero-order valence-corrected chi connectivity index (χ0v) is 10.1. The Morgan fingerprint density at radius 3 is 2.53 bits per heavy atom. The van der Waals surface area contributed by atoms with Gasteiger partial charge in [0.25, 0.3) is 0 Å². The van der Waals surface area contributed by atoms with E-state index in [1.807, 2.05) is 0 Å². The molecule has 0 atom stereocenters. The van der Waals surface area contributed by atoms with E-state index in [0.29, 0.717) is 16.8 Å². The van der Waals surface area contributed by atoms with Gasteiger partial charge in [0.15, 0.2) is 0 Å². The van der Waals surface area contributed by atoms with E-state index in [1.165, 1.54) is 38.2 Å². The van der Waals surface area contributed by atoms with Gasteiger partial charge in [-0.05, 0) is 31.0 Å². The van der Waals surface area contributed by atoms with Crippen LogP contribution in [0.1, 0.15) is 32.1 Å². The van der Waals surface area contributed by atoms with E-state index in [9.17, 15) is 4.39 Å². The van der Waals surface area contributed by atoms with Gasteiger partial charge in [0.2, 0.25) is 0 Å². The van der Waals surface area contributed by atoms with Crippen molar-refractivity contribution in [2.24, 2.45) is 5.41 Å². The highest BCUT2D eigenvalue weighted by molar-refractivity contribution is 5.58. The van der Waals surface area contributed by atoms with Crippen molar-refractivity contribution in [2.75, 3.05) is 23.7 Å². The molecular formula is C14H19FN2. The van der Waals surface area contributed by atoms with Crippen LogP contribution in [0.25, 0.3) is 0 Å². The van der Waals surface area contributed by atoms with Gasteiger partial charge < -0.3 is 10.6 Å². The highest BCUT2D eigenvalue weighted by atomic mass is 19.1. The summed E-state index contributed by atoms with van der Waals surface area (Å²) in [6.07, 6.45) is 6.68. The van der Waals surface area contributed by atoms with E-state index >= 15 is 0 Å². The van der Waals surface area contributed by atoms with Gasteiger partial charge >= 0.3 is 0 Å². The van der Waals surface area contributed by atoms with Crippen LogP contribution in [-0.4, -0.2) is 13.1 Å². The summed E-state index contributed by atoms with van der Waals surface area (Å²) in [6, 6.07) is 4.84. The number of nitrogens with two attached hydrogens (primary N) is 1. The quantitative estimate of drug-likeness (QED) is 0.756. The maximum absolute atomic E-state index is 13.7. The van der Waals surface area contributed by atoms with Crippen molar-refractivity contribution < 1.29 is 4.39 Å². The Bertz CT molecular complexity index is 416. The molecule has 1 aromatic carbocycles. The predicted octanol–water partition coefficient (Wildman–Crippen LogP) is 3.18.